The van der Waals surface area contributed by atoms with Gasteiger partial charge in [0.15, 0.2) is 0 Å². The van der Waals surface area contributed by atoms with E-state index >= 15 is 0 Å². The Balaban J connectivity index is 1.97. The number of nitriles is 1. The molecule has 1 saturated heterocycles. The first-order valence-corrected chi connectivity index (χ1v) is 16.0. The molecule has 1 fully saturated rings. The second-order valence-corrected chi connectivity index (χ2v) is 12.8. The van der Waals surface area contributed by atoms with Gasteiger partial charge in [0.25, 0.3) is 0 Å². The number of amides is 1. The maximum atomic E-state index is 14.4. The first-order chi connectivity index (χ1) is 22.9. The number of aryl methyl sites for hydroxylation is 2. The second-order valence-electron chi connectivity index (χ2n) is 12.8. The van der Waals surface area contributed by atoms with Crippen LogP contribution in [0.25, 0.3) is 5.70 Å². The molecule has 2 atom stereocenters. The zero-order chi connectivity index (χ0) is 36.6. The number of carbonyl (C=O) groups is 1. The van der Waals surface area contributed by atoms with Gasteiger partial charge in [-0.2, -0.15) is 13.2 Å². The van der Waals surface area contributed by atoms with Crippen LogP contribution in [0.3, 0.4) is 0 Å². The van der Waals surface area contributed by atoms with Crippen molar-refractivity contribution < 1.29 is 40.5 Å². The number of alkyl halides is 6. The number of hydrogen-bond donors (Lipinski definition) is 1. The first-order valence-electron chi connectivity index (χ1n) is 16.0. The average molecular weight is 691 g/mol. The Morgan fingerprint density at radius 2 is 1.78 bits per heavy atom. The molecule has 0 spiro atoms. The molecule has 1 amide bonds. The number of alkyl carbamates (subject to hydrolysis) is 1. The SMILES string of the molecule is C/C=C(\N=C(C(C)CC)C1CCCN1C(=BOC#N)NC(=O)OC(C)(C)C)c1ccc(CCc2ccc(C(F)(F)F)cc2)c(C(F)(F)F)c1. The van der Waals surface area contributed by atoms with E-state index < -0.39 is 35.2 Å². The summed E-state index contributed by atoms with van der Waals surface area (Å²) in [6.45, 7) is 11.2. The number of halogens is 6. The van der Waals surface area contributed by atoms with Gasteiger partial charge >= 0.3 is 235 Å². The van der Waals surface area contributed by atoms with Crippen molar-refractivity contribution in [2.45, 2.75) is 97.6 Å². The van der Waals surface area contributed by atoms with Gasteiger partial charge in [0, 0.05) is 0 Å². The quantitative estimate of drug-likeness (QED) is 0.111. The molecule has 49 heavy (non-hydrogen) atoms. The van der Waals surface area contributed by atoms with E-state index in [9.17, 15) is 31.1 Å². The molecule has 14 heteroatoms. The molecule has 0 radical (unpaired) electrons. The number of ether oxygens (including phenoxy) is 1. The zero-order valence-electron chi connectivity index (χ0n) is 28.4. The molecule has 1 heterocycles. The van der Waals surface area contributed by atoms with Gasteiger partial charge in [0.05, 0.1) is 5.56 Å². The molecule has 264 valence electrons. The van der Waals surface area contributed by atoms with Crippen LogP contribution in [0.5, 0.6) is 0 Å². The van der Waals surface area contributed by atoms with Gasteiger partial charge < -0.3 is 0 Å². The van der Waals surface area contributed by atoms with E-state index in [0.29, 0.717) is 42.8 Å². The normalized spacial score (nSPS) is 16.9. The zero-order valence-corrected chi connectivity index (χ0v) is 28.4. The minimum atomic E-state index is -4.69. The van der Waals surface area contributed by atoms with Crippen molar-refractivity contribution >= 4 is 30.3 Å². The fourth-order valence-electron chi connectivity index (χ4n) is 5.54. The van der Waals surface area contributed by atoms with Crippen molar-refractivity contribution in [3.63, 3.8) is 0 Å². The Bertz CT molecular complexity index is 1590. The Morgan fingerprint density at radius 3 is 2.33 bits per heavy atom. The van der Waals surface area contributed by atoms with E-state index in [2.05, 4.69) is 5.32 Å². The summed E-state index contributed by atoms with van der Waals surface area (Å²) in [5, 5.41) is 11.7. The summed E-state index contributed by atoms with van der Waals surface area (Å²) >= 11 is 0. The fourth-order valence-corrected chi connectivity index (χ4v) is 5.54. The predicted octanol–water partition coefficient (Wildman–Crippen LogP) is 8.55. The number of hydrogen-bond acceptors (Lipinski definition) is 6. The van der Waals surface area contributed by atoms with E-state index in [1.807, 2.05) is 18.7 Å². The summed E-state index contributed by atoms with van der Waals surface area (Å²) in [5.74, 6) is -0.106. The van der Waals surface area contributed by atoms with Crippen LogP contribution in [-0.2, 0) is 34.6 Å². The van der Waals surface area contributed by atoms with Gasteiger partial charge in [-0.1, -0.05) is 12.1 Å². The van der Waals surface area contributed by atoms with Gasteiger partial charge in [-0.25, -0.2) is 0 Å². The molecule has 1 aliphatic heterocycles. The number of allylic oxidation sites excluding steroid dienone is 1. The molecule has 2 unspecified atom stereocenters. The van der Waals surface area contributed by atoms with E-state index in [1.54, 1.807) is 46.1 Å². The van der Waals surface area contributed by atoms with Crippen molar-refractivity contribution in [2.75, 3.05) is 6.54 Å². The van der Waals surface area contributed by atoms with Gasteiger partial charge in [-0.3, -0.25) is 0 Å². The van der Waals surface area contributed by atoms with Gasteiger partial charge in [0.1, 0.15) is 0 Å². The number of benzene rings is 2. The molecule has 7 nitrogen and oxygen atoms in total. The van der Waals surface area contributed by atoms with Crippen LogP contribution >= 0.6 is 0 Å². The molecule has 3 rings (SSSR count). The Kier molecular flexibility index (Phi) is 13.1. The van der Waals surface area contributed by atoms with Crippen molar-refractivity contribution in [3.8, 4) is 6.26 Å². The molecule has 0 aliphatic carbocycles. The number of nitrogens with one attached hydrogen (secondary N) is 1. The number of carbonyl (C=O) groups excluding carboxylic acids is 1. The van der Waals surface area contributed by atoms with Crippen LogP contribution in [0.4, 0.5) is 31.1 Å². The second kappa shape index (κ2) is 16.4. The molecule has 2 aromatic rings. The van der Waals surface area contributed by atoms with E-state index in [1.165, 1.54) is 18.2 Å². The summed E-state index contributed by atoms with van der Waals surface area (Å²) in [6.07, 6.45) is -4.66. The maximum absolute atomic E-state index is 14.4. The summed E-state index contributed by atoms with van der Waals surface area (Å²) in [6, 6.07) is 8.01. The molecule has 1 aliphatic rings. The third-order valence-corrected chi connectivity index (χ3v) is 8.07. The van der Waals surface area contributed by atoms with E-state index in [4.69, 9.17) is 19.6 Å². The first kappa shape index (κ1) is 39.2. The summed E-state index contributed by atoms with van der Waals surface area (Å²) in [4.78, 5) is 19.5. The predicted molar refractivity (Wildman–Crippen MR) is 177 cm³/mol. The Labute approximate surface area is 283 Å². The molecular weight excluding hydrogens is 649 g/mol. The Morgan fingerprint density at radius 1 is 1.10 bits per heavy atom. The van der Waals surface area contributed by atoms with Crippen LogP contribution in [-0.4, -0.2) is 47.7 Å². The monoisotopic (exact) mass is 690 g/mol. The molecule has 0 bridgehead atoms. The van der Waals surface area contributed by atoms with Crippen LogP contribution < -0.4 is 5.32 Å². The third-order valence-electron chi connectivity index (χ3n) is 8.07. The molecule has 2 aromatic carbocycles. The number of likely N-dealkylation sites (tertiary alicyclic amines) is 1. The molecule has 0 aromatic heterocycles. The summed E-state index contributed by atoms with van der Waals surface area (Å²) in [5.41, 5.74) is -0.523. The standard InChI is InChI=1S/C35H41BF6N4O3/c1-7-22(3)30(29-10-9-19-46(29)31(36-48-21-43)45-32(47)49-33(4,5)6)44-28(8-2)25-16-15-24(27(20-25)35(40,41)42)14-11-23-12-17-26(18-13-23)34(37,38)39/h8,12-13,15-18,20,22,29H,7,9-11,14,19H2,1-6H3,(H,45,47)/b28-8-,44-30?. The number of nitrogens with zero attached hydrogens (tertiary/aromatic N) is 3. The van der Waals surface area contributed by atoms with E-state index in [-0.39, 0.29) is 41.6 Å². The summed E-state index contributed by atoms with van der Waals surface area (Å²) < 4.78 is 92.2. The fraction of sp³-hybridized carbons (Fsp3) is 0.486. The van der Waals surface area contributed by atoms with Gasteiger partial charge in [-0.05, 0) is 17.7 Å². The van der Waals surface area contributed by atoms with Gasteiger partial charge in [-0.15, -0.1) is 0 Å². The topological polar surface area (TPSA) is 87.0 Å². The van der Waals surface area contributed by atoms with Crippen molar-refractivity contribution in [2.24, 2.45) is 10.9 Å². The van der Waals surface area contributed by atoms with Crippen molar-refractivity contribution in [1.82, 2.24) is 10.2 Å². The average Bonchev–Trinajstić information content (AvgIpc) is 3.50. The number of aliphatic imine (C=N–C) groups is 1. The third kappa shape index (κ3) is 11.1. The number of rotatable bonds is 11. The van der Waals surface area contributed by atoms with Crippen LogP contribution in [0.15, 0.2) is 53.5 Å². The Hall–Kier alpha value is -4.28. The van der Waals surface area contributed by atoms with Crippen molar-refractivity contribution in [3.05, 3.63) is 76.4 Å². The molecular formula is C35H41BF6N4O3. The van der Waals surface area contributed by atoms with Crippen molar-refractivity contribution in [1.29, 1.82) is 5.26 Å². The van der Waals surface area contributed by atoms with Gasteiger partial charge in [0.2, 0.25) is 0 Å². The molecule has 0 saturated carbocycles. The molecule has 1 N–H and O–H groups in total. The minimum absolute atomic E-state index is 0.0141. The van der Waals surface area contributed by atoms with E-state index in [0.717, 1.165) is 25.3 Å². The van der Waals surface area contributed by atoms with Crippen LogP contribution in [0.2, 0.25) is 0 Å². The van der Waals surface area contributed by atoms with Crippen LogP contribution in [0.1, 0.15) is 88.6 Å². The summed E-state index contributed by atoms with van der Waals surface area (Å²) in [7, 11) is 1.12. The van der Waals surface area contributed by atoms with Crippen LogP contribution in [0, 0.1) is 17.4 Å².